The molecule has 0 aliphatic heterocycles. The average molecular weight is 460 g/mol. The van der Waals surface area contributed by atoms with Gasteiger partial charge in [-0.05, 0) is 73.4 Å². The molecule has 2 amide bonds. The van der Waals surface area contributed by atoms with Crippen LogP contribution in [0.15, 0.2) is 66.7 Å². The Bertz CT molecular complexity index is 1110. The lowest BCUT2D eigenvalue weighted by molar-refractivity contribution is -0.122. The molecule has 1 unspecified atom stereocenters. The highest BCUT2D eigenvalue weighted by Gasteiger charge is 2.22. The van der Waals surface area contributed by atoms with Crippen LogP contribution in [0.4, 0.5) is 5.69 Å². The van der Waals surface area contributed by atoms with Gasteiger partial charge in [0.05, 0.1) is 13.0 Å². The molecular weight excluding hydrogens is 426 g/mol. The molecule has 3 N–H and O–H groups in total. The number of amides is 2. The quantitative estimate of drug-likeness (QED) is 0.394. The molecule has 6 heteroatoms. The third kappa shape index (κ3) is 6.61. The molecule has 0 radical (unpaired) electrons. The van der Waals surface area contributed by atoms with Gasteiger partial charge in [0, 0.05) is 30.9 Å². The van der Waals surface area contributed by atoms with Gasteiger partial charge in [0.25, 0.3) is 5.91 Å². The van der Waals surface area contributed by atoms with Crippen molar-refractivity contribution in [3.63, 3.8) is 0 Å². The topological polar surface area (TPSA) is 79.5 Å². The standard InChI is InChI=1S/C28H33N3O3/c1-19-16-21(3)25(17-20(19)2)27(32)31-18-26(22-8-6-5-7-9-22)28(33)30-15-14-29-23-10-12-24(34-4)13-11-23/h5-13,16-17,26,29H,14-15,18H2,1-4H3,(H,30,33)(H,31,32). The molecule has 34 heavy (non-hydrogen) atoms. The fraction of sp³-hybridized carbons (Fsp3) is 0.286. The van der Waals surface area contributed by atoms with Crippen molar-refractivity contribution in [2.75, 3.05) is 32.1 Å². The predicted molar refractivity (Wildman–Crippen MR) is 137 cm³/mol. The van der Waals surface area contributed by atoms with E-state index in [1.807, 2.05) is 87.5 Å². The second kappa shape index (κ2) is 11.9. The summed E-state index contributed by atoms with van der Waals surface area (Å²) in [7, 11) is 1.63. The van der Waals surface area contributed by atoms with E-state index in [0.29, 0.717) is 18.7 Å². The normalized spacial score (nSPS) is 11.4. The maximum atomic E-state index is 13.0. The zero-order valence-corrected chi connectivity index (χ0v) is 20.3. The van der Waals surface area contributed by atoms with Crippen molar-refractivity contribution in [1.29, 1.82) is 0 Å². The summed E-state index contributed by atoms with van der Waals surface area (Å²) < 4.78 is 5.17. The number of rotatable bonds is 10. The molecule has 0 heterocycles. The molecule has 6 nitrogen and oxygen atoms in total. The summed E-state index contributed by atoms with van der Waals surface area (Å²) >= 11 is 0. The highest BCUT2D eigenvalue weighted by molar-refractivity contribution is 5.96. The van der Waals surface area contributed by atoms with Crippen LogP contribution in [0.25, 0.3) is 0 Å². The number of aryl methyl sites for hydroxylation is 3. The Hall–Kier alpha value is -3.80. The van der Waals surface area contributed by atoms with Crippen molar-refractivity contribution in [1.82, 2.24) is 10.6 Å². The monoisotopic (exact) mass is 459 g/mol. The van der Waals surface area contributed by atoms with Crippen molar-refractivity contribution >= 4 is 17.5 Å². The molecule has 0 aliphatic carbocycles. The first-order chi connectivity index (χ1) is 16.4. The van der Waals surface area contributed by atoms with Crippen molar-refractivity contribution in [2.24, 2.45) is 0 Å². The van der Waals surface area contributed by atoms with Gasteiger partial charge in [-0.25, -0.2) is 0 Å². The van der Waals surface area contributed by atoms with Crippen LogP contribution in [0.2, 0.25) is 0 Å². The molecule has 178 valence electrons. The number of nitrogens with one attached hydrogen (secondary N) is 3. The van der Waals surface area contributed by atoms with Crippen LogP contribution in [0.3, 0.4) is 0 Å². The molecule has 1 atom stereocenters. The van der Waals surface area contributed by atoms with E-state index >= 15 is 0 Å². The van der Waals surface area contributed by atoms with E-state index in [1.54, 1.807) is 7.11 Å². The zero-order chi connectivity index (χ0) is 24.5. The van der Waals surface area contributed by atoms with Gasteiger partial charge < -0.3 is 20.7 Å². The average Bonchev–Trinajstić information content (AvgIpc) is 2.85. The van der Waals surface area contributed by atoms with E-state index in [9.17, 15) is 9.59 Å². The molecule has 3 aromatic carbocycles. The Balaban J connectivity index is 1.60. The smallest absolute Gasteiger partial charge is 0.251 e. The first kappa shape index (κ1) is 24.8. The second-order valence-electron chi connectivity index (χ2n) is 8.37. The Labute approximate surface area is 201 Å². The Morgan fingerprint density at radius 2 is 1.50 bits per heavy atom. The maximum Gasteiger partial charge on any atom is 0.251 e. The third-order valence-corrected chi connectivity index (χ3v) is 5.91. The minimum Gasteiger partial charge on any atom is -0.497 e. The number of hydrogen-bond acceptors (Lipinski definition) is 4. The Morgan fingerprint density at radius 3 is 2.18 bits per heavy atom. The van der Waals surface area contributed by atoms with Crippen molar-refractivity contribution < 1.29 is 14.3 Å². The van der Waals surface area contributed by atoms with Crippen LogP contribution < -0.4 is 20.7 Å². The fourth-order valence-electron chi connectivity index (χ4n) is 3.77. The number of anilines is 1. The summed E-state index contributed by atoms with van der Waals surface area (Å²) in [6.45, 7) is 7.20. The summed E-state index contributed by atoms with van der Waals surface area (Å²) in [4.78, 5) is 25.9. The molecule has 0 aliphatic rings. The number of carbonyl (C=O) groups is 2. The summed E-state index contributed by atoms with van der Waals surface area (Å²) in [5.41, 5.74) is 5.59. The maximum absolute atomic E-state index is 13.0. The first-order valence-electron chi connectivity index (χ1n) is 11.5. The van der Waals surface area contributed by atoms with E-state index in [1.165, 1.54) is 0 Å². The summed E-state index contributed by atoms with van der Waals surface area (Å²) in [5, 5.41) is 9.23. The van der Waals surface area contributed by atoms with Gasteiger partial charge in [0.15, 0.2) is 0 Å². The molecule has 0 aromatic heterocycles. The van der Waals surface area contributed by atoms with Crippen LogP contribution in [-0.4, -0.2) is 38.6 Å². The fourth-order valence-corrected chi connectivity index (χ4v) is 3.77. The van der Waals surface area contributed by atoms with Crippen LogP contribution >= 0.6 is 0 Å². The number of methoxy groups -OCH3 is 1. The van der Waals surface area contributed by atoms with Crippen molar-refractivity contribution in [3.05, 3.63) is 94.5 Å². The van der Waals surface area contributed by atoms with Crippen LogP contribution in [0, 0.1) is 20.8 Å². The van der Waals surface area contributed by atoms with Gasteiger partial charge in [0.1, 0.15) is 5.75 Å². The van der Waals surface area contributed by atoms with E-state index in [4.69, 9.17) is 4.74 Å². The van der Waals surface area contributed by atoms with Crippen LogP contribution in [0.1, 0.15) is 38.5 Å². The molecule has 0 saturated heterocycles. The van der Waals surface area contributed by atoms with E-state index in [0.717, 1.165) is 33.7 Å². The van der Waals surface area contributed by atoms with Crippen molar-refractivity contribution in [2.45, 2.75) is 26.7 Å². The Kier molecular flexibility index (Phi) is 8.68. The highest BCUT2D eigenvalue weighted by Crippen LogP contribution is 2.18. The first-order valence-corrected chi connectivity index (χ1v) is 11.5. The summed E-state index contributed by atoms with van der Waals surface area (Å²) in [5.74, 6) is 0.0101. The lowest BCUT2D eigenvalue weighted by Crippen LogP contribution is -2.39. The van der Waals surface area contributed by atoms with E-state index in [-0.39, 0.29) is 18.4 Å². The number of carbonyl (C=O) groups excluding carboxylic acids is 2. The van der Waals surface area contributed by atoms with Crippen molar-refractivity contribution in [3.8, 4) is 5.75 Å². The van der Waals surface area contributed by atoms with Gasteiger partial charge in [-0.15, -0.1) is 0 Å². The molecule has 3 aromatic rings. The minimum atomic E-state index is -0.488. The SMILES string of the molecule is COc1ccc(NCCNC(=O)C(CNC(=O)c2cc(C)c(C)cc2C)c2ccccc2)cc1. The zero-order valence-electron chi connectivity index (χ0n) is 20.3. The minimum absolute atomic E-state index is 0.125. The Morgan fingerprint density at radius 1 is 0.824 bits per heavy atom. The lowest BCUT2D eigenvalue weighted by Gasteiger charge is -2.19. The van der Waals surface area contributed by atoms with Gasteiger partial charge >= 0.3 is 0 Å². The predicted octanol–water partition coefficient (Wildman–Crippen LogP) is 4.36. The van der Waals surface area contributed by atoms with E-state index in [2.05, 4.69) is 16.0 Å². The number of hydrogen-bond donors (Lipinski definition) is 3. The third-order valence-electron chi connectivity index (χ3n) is 5.91. The molecule has 0 saturated carbocycles. The summed E-state index contributed by atoms with van der Waals surface area (Å²) in [6, 6.07) is 21.1. The summed E-state index contributed by atoms with van der Waals surface area (Å²) in [6.07, 6.45) is 0. The largest absolute Gasteiger partial charge is 0.497 e. The van der Waals surface area contributed by atoms with Gasteiger partial charge in [-0.2, -0.15) is 0 Å². The van der Waals surface area contributed by atoms with Gasteiger partial charge in [-0.1, -0.05) is 36.4 Å². The molecule has 0 fully saturated rings. The molecule has 0 spiro atoms. The molecular formula is C28H33N3O3. The lowest BCUT2D eigenvalue weighted by atomic mass is 9.97. The number of benzene rings is 3. The molecule has 3 rings (SSSR count). The number of ether oxygens (including phenoxy) is 1. The van der Waals surface area contributed by atoms with E-state index < -0.39 is 5.92 Å². The molecule has 0 bridgehead atoms. The van der Waals surface area contributed by atoms with Gasteiger partial charge in [-0.3, -0.25) is 9.59 Å². The van der Waals surface area contributed by atoms with Crippen LogP contribution in [-0.2, 0) is 4.79 Å². The van der Waals surface area contributed by atoms with Crippen LogP contribution in [0.5, 0.6) is 5.75 Å². The second-order valence-corrected chi connectivity index (χ2v) is 8.37. The van der Waals surface area contributed by atoms with Gasteiger partial charge in [0.2, 0.25) is 5.91 Å². The highest BCUT2D eigenvalue weighted by atomic mass is 16.5.